The molecule has 0 radical (unpaired) electrons. The van der Waals surface area contributed by atoms with Crippen LogP contribution in [0.1, 0.15) is 15.9 Å². The number of anilines is 2. The van der Waals surface area contributed by atoms with Crippen LogP contribution in [0.4, 0.5) is 11.5 Å². The van der Waals surface area contributed by atoms with Gasteiger partial charge in [-0.05, 0) is 36.8 Å². The van der Waals surface area contributed by atoms with Gasteiger partial charge in [-0.25, -0.2) is 14.3 Å². The van der Waals surface area contributed by atoms with E-state index in [-0.39, 0.29) is 5.56 Å². The van der Waals surface area contributed by atoms with Crippen LogP contribution in [0, 0.1) is 6.92 Å². The third kappa shape index (κ3) is 2.14. The lowest BCUT2D eigenvalue weighted by atomic mass is 10.1. The minimum absolute atomic E-state index is 0.207. The van der Waals surface area contributed by atoms with Gasteiger partial charge >= 0.3 is 5.97 Å². The summed E-state index contributed by atoms with van der Waals surface area (Å²) in [6, 6.07) is 9.61. The molecule has 0 spiro atoms. The largest absolute Gasteiger partial charge is 0.478 e. The molecule has 3 heterocycles. The third-order valence-corrected chi connectivity index (χ3v) is 3.96. The summed E-state index contributed by atoms with van der Waals surface area (Å²) >= 11 is 0. The quantitative estimate of drug-likeness (QED) is 0.603. The van der Waals surface area contributed by atoms with E-state index in [0.29, 0.717) is 16.9 Å². The van der Waals surface area contributed by atoms with Gasteiger partial charge in [-0.1, -0.05) is 6.07 Å². The fraction of sp³-hybridized carbons (Fsp3) is 0.0588. The second-order valence-electron chi connectivity index (χ2n) is 5.38. The van der Waals surface area contributed by atoms with Crippen molar-refractivity contribution in [3.63, 3.8) is 0 Å². The zero-order valence-electron chi connectivity index (χ0n) is 12.8. The van der Waals surface area contributed by atoms with Crippen molar-refractivity contribution in [2.45, 2.75) is 6.92 Å². The van der Waals surface area contributed by atoms with Crippen LogP contribution in [-0.2, 0) is 0 Å². The average molecular weight is 319 g/mol. The second kappa shape index (κ2) is 5.31. The van der Waals surface area contributed by atoms with Crippen LogP contribution in [0.15, 0.2) is 49.1 Å². The molecule has 0 atom stereocenters. The molecule has 0 saturated heterocycles. The molecule has 4 aromatic rings. The Labute approximate surface area is 136 Å². The molecule has 0 unspecified atom stereocenters. The SMILES string of the molecule is Cc1c(C(=O)O)cn2ncnc(Nc3cccc4ncccc34)c12. The van der Waals surface area contributed by atoms with Crippen LogP contribution in [0.25, 0.3) is 16.4 Å². The lowest BCUT2D eigenvalue weighted by Gasteiger charge is -2.10. The maximum absolute atomic E-state index is 11.3. The summed E-state index contributed by atoms with van der Waals surface area (Å²) in [5.74, 6) is -0.440. The smallest absolute Gasteiger partial charge is 0.337 e. The standard InChI is InChI=1S/C17H13N5O2/c1-10-12(17(23)24)8-22-15(10)16(19-9-20-22)21-14-6-2-5-13-11(14)4-3-7-18-13/h2-9H,1H3,(H,23,24)(H,19,20,21). The van der Waals surface area contributed by atoms with Crippen molar-refractivity contribution in [2.75, 3.05) is 5.32 Å². The molecule has 118 valence electrons. The molecule has 7 nitrogen and oxygen atoms in total. The zero-order valence-corrected chi connectivity index (χ0v) is 12.8. The first-order chi connectivity index (χ1) is 11.6. The lowest BCUT2D eigenvalue weighted by molar-refractivity contribution is 0.0696. The molecule has 0 aliphatic rings. The van der Waals surface area contributed by atoms with Crippen LogP contribution >= 0.6 is 0 Å². The van der Waals surface area contributed by atoms with Crippen molar-refractivity contribution in [3.05, 3.63) is 60.2 Å². The predicted molar refractivity (Wildman–Crippen MR) is 89.7 cm³/mol. The van der Waals surface area contributed by atoms with Crippen molar-refractivity contribution < 1.29 is 9.90 Å². The summed E-state index contributed by atoms with van der Waals surface area (Å²) in [4.78, 5) is 20.0. The number of fused-ring (bicyclic) bond motifs is 2. The van der Waals surface area contributed by atoms with E-state index in [1.165, 1.54) is 17.0 Å². The first-order valence-corrected chi connectivity index (χ1v) is 7.32. The van der Waals surface area contributed by atoms with Gasteiger partial charge < -0.3 is 10.4 Å². The van der Waals surface area contributed by atoms with Gasteiger partial charge in [-0.15, -0.1) is 0 Å². The number of hydrogen-bond acceptors (Lipinski definition) is 5. The Morgan fingerprint density at radius 2 is 2.08 bits per heavy atom. The fourth-order valence-corrected chi connectivity index (χ4v) is 2.81. The molecule has 1 aromatic carbocycles. The molecule has 0 bridgehead atoms. The summed E-state index contributed by atoms with van der Waals surface area (Å²) < 4.78 is 1.53. The highest BCUT2D eigenvalue weighted by atomic mass is 16.4. The molecular formula is C17H13N5O2. The van der Waals surface area contributed by atoms with Crippen molar-refractivity contribution in [1.29, 1.82) is 0 Å². The van der Waals surface area contributed by atoms with E-state index in [9.17, 15) is 9.90 Å². The molecule has 0 saturated carbocycles. The highest BCUT2D eigenvalue weighted by Gasteiger charge is 2.17. The highest BCUT2D eigenvalue weighted by molar-refractivity contribution is 5.97. The van der Waals surface area contributed by atoms with Crippen LogP contribution in [-0.4, -0.2) is 30.7 Å². The Bertz CT molecular complexity index is 1080. The van der Waals surface area contributed by atoms with Crippen molar-refractivity contribution in [3.8, 4) is 0 Å². The van der Waals surface area contributed by atoms with E-state index >= 15 is 0 Å². The molecule has 3 aromatic heterocycles. The summed E-state index contributed by atoms with van der Waals surface area (Å²) in [5.41, 5.74) is 3.17. The molecule has 0 aliphatic heterocycles. The number of carboxylic acid groups (broad SMARTS) is 1. The maximum Gasteiger partial charge on any atom is 0.337 e. The number of pyridine rings is 1. The molecule has 0 fully saturated rings. The van der Waals surface area contributed by atoms with E-state index in [4.69, 9.17) is 0 Å². The molecule has 2 N–H and O–H groups in total. The number of aryl methyl sites for hydroxylation is 1. The Morgan fingerprint density at radius 3 is 2.92 bits per heavy atom. The Balaban J connectivity index is 1.89. The monoisotopic (exact) mass is 319 g/mol. The lowest BCUT2D eigenvalue weighted by Crippen LogP contribution is -2.00. The molecule has 7 heteroatoms. The van der Waals surface area contributed by atoms with E-state index in [1.54, 1.807) is 13.1 Å². The number of carbonyl (C=O) groups is 1. The number of carboxylic acids is 1. The zero-order chi connectivity index (χ0) is 16.7. The van der Waals surface area contributed by atoms with Gasteiger partial charge in [-0.2, -0.15) is 5.10 Å². The number of hydrogen-bond donors (Lipinski definition) is 2. The molecular weight excluding hydrogens is 306 g/mol. The van der Waals surface area contributed by atoms with Gasteiger partial charge in [0.1, 0.15) is 11.8 Å². The van der Waals surface area contributed by atoms with E-state index in [2.05, 4.69) is 20.4 Å². The molecule has 4 rings (SSSR count). The Kier molecular flexibility index (Phi) is 3.13. The number of aromatic nitrogens is 4. The van der Waals surface area contributed by atoms with Crippen LogP contribution in [0.5, 0.6) is 0 Å². The van der Waals surface area contributed by atoms with Crippen molar-refractivity contribution in [1.82, 2.24) is 19.6 Å². The molecule has 0 amide bonds. The van der Waals surface area contributed by atoms with Gasteiger partial charge in [0.05, 0.1) is 11.1 Å². The summed E-state index contributed by atoms with van der Waals surface area (Å²) in [7, 11) is 0. The van der Waals surface area contributed by atoms with Crippen molar-refractivity contribution in [2.24, 2.45) is 0 Å². The normalized spacial score (nSPS) is 11.0. The van der Waals surface area contributed by atoms with Gasteiger partial charge in [0.2, 0.25) is 0 Å². The maximum atomic E-state index is 11.3. The number of aromatic carboxylic acids is 1. The Hall–Kier alpha value is -3.48. The summed E-state index contributed by atoms with van der Waals surface area (Å²) in [6.07, 6.45) is 4.62. The van der Waals surface area contributed by atoms with Crippen LogP contribution in [0.2, 0.25) is 0 Å². The van der Waals surface area contributed by atoms with E-state index in [1.807, 2.05) is 30.3 Å². The van der Waals surface area contributed by atoms with E-state index < -0.39 is 5.97 Å². The average Bonchev–Trinajstić information content (AvgIpc) is 2.93. The van der Waals surface area contributed by atoms with E-state index in [0.717, 1.165) is 16.6 Å². The topological polar surface area (TPSA) is 92.4 Å². The van der Waals surface area contributed by atoms with Gasteiger partial charge in [0, 0.05) is 23.5 Å². The number of nitrogens with zero attached hydrogens (tertiary/aromatic N) is 4. The number of nitrogens with one attached hydrogen (secondary N) is 1. The van der Waals surface area contributed by atoms with Gasteiger partial charge in [0.15, 0.2) is 5.82 Å². The minimum Gasteiger partial charge on any atom is -0.478 e. The summed E-state index contributed by atoms with van der Waals surface area (Å²) in [6.45, 7) is 1.75. The Morgan fingerprint density at radius 1 is 1.21 bits per heavy atom. The fourth-order valence-electron chi connectivity index (χ4n) is 2.81. The highest BCUT2D eigenvalue weighted by Crippen LogP contribution is 2.28. The van der Waals surface area contributed by atoms with Gasteiger partial charge in [0.25, 0.3) is 0 Å². The summed E-state index contributed by atoms with van der Waals surface area (Å²) in [5, 5.41) is 17.6. The first-order valence-electron chi connectivity index (χ1n) is 7.32. The minimum atomic E-state index is -0.988. The van der Waals surface area contributed by atoms with Crippen molar-refractivity contribution >= 4 is 33.9 Å². The van der Waals surface area contributed by atoms with Crippen LogP contribution < -0.4 is 5.32 Å². The molecule has 0 aliphatic carbocycles. The predicted octanol–water partition coefficient (Wildman–Crippen LogP) is 3.03. The second-order valence-corrected chi connectivity index (χ2v) is 5.38. The molecule has 24 heavy (non-hydrogen) atoms. The number of benzene rings is 1. The van der Waals surface area contributed by atoms with Crippen LogP contribution in [0.3, 0.4) is 0 Å². The number of rotatable bonds is 3. The first kappa shape index (κ1) is 14.1. The van der Waals surface area contributed by atoms with Gasteiger partial charge in [-0.3, -0.25) is 4.98 Å². The third-order valence-electron chi connectivity index (χ3n) is 3.96.